The van der Waals surface area contributed by atoms with Gasteiger partial charge in [-0.2, -0.15) is 0 Å². The van der Waals surface area contributed by atoms with Crippen molar-refractivity contribution in [2.75, 3.05) is 42.1 Å². The predicted octanol–water partition coefficient (Wildman–Crippen LogP) is 4.35. The lowest BCUT2D eigenvalue weighted by Gasteiger charge is -2.22. The Morgan fingerprint density at radius 1 is 0.976 bits per heavy atom. The van der Waals surface area contributed by atoms with E-state index in [0.29, 0.717) is 41.1 Å². The number of likely N-dealkylation sites (tertiary alicyclic amines) is 1. The summed E-state index contributed by atoms with van der Waals surface area (Å²) in [5.74, 6) is 3.99. The fraction of sp³-hybridized carbons (Fsp3) is 0.219. The minimum Gasteiger partial charge on any atom is -0.457 e. The molecule has 0 radical (unpaired) electrons. The molecule has 0 bridgehead atoms. The largest absolute Gasteiger partial charge is 0.457 e. The van der Waals surface area contributed by atoms with Gasteiger partial charge in [-0.15, -0.1) is 0 Å². The second kappa shape index (κ2) is 11.7. The molecule has 6 rings (SSSR count). The Hall–Kier alpha value is -5.25. The van der Waals surface area contributed by atoms with Crippen molar-refractivity contribution in [3.05, 3.63) is 109 Å². The zero-order valence-corrected chi connectivity index (χ0v) is 23.1. The fourth-order valence-corrected chi connectivity index (χ4v) is 5.62. The molecule has 2 aliphatic heterocycles. The molecule has 2 aliphatic rings. The van der Waals surface area contributed by atoms with Crippen molar-refractivity contribution in [3.63, 3.8) is 0 Å². The van der Waals surface area contributed by atoms with E-state index >= 15 is 0 Å². The Labute approximate surface area is 244 Å². The molecule has 212 valence electrons. The van der Waals surface area contributed by atoms with Gasteiger partial charge in [0.15, 0.2) is 0 Å². The zero-order valence-electron chi connectivity index (χ0n) is 23.1. The summed E-state index contributed by atoms with van der Waals surface area (Å²) in [6.07, 6.45) is 4.64. The maximum atomic E-state index is 12.0. The van der Waals surface area contributed by atoms with Crippen molar-refractivity contribution in [2.24, 2.45) is 11.8 Å². The third kappa shape index (κ3) is 5.64. The average molecular weight is 561 g/mol. The van der Waals surface area contributed by atoms with E-state index in [1.807, 2.05) is 77.8 Å². The highest BCUT2D eigenvalue weighted by molar-refractivity contribution is 6.16. The molecule has 2 aromatic heterocycles. The number of amides is 1. The molecule has 0 aliphatic carbocycles. The molecular weight excluding hydrogens is 528 g/mol. The summed E-state index contributed by atoms with van der Waals surface area (Å²) in [7, 11) is 0. The van der Waals surface area contributed by atoms with E-state index in [2.05, 4.69) is 26.8 Å². The van der Waals surface area contributed by atoms with E-state index in [9.17, 15) is 4.79 Å². The maximum absolute atomic E-state index is 12.0. The number of carbonyl (C=O) groups excluding carboxylic acids is 1. The molecule has 4 heterocycles. The molecule has 42 heavy (non-hydrogen) atoms. The number of nitrogens with zero attached hydrogens (tertiary/aromatic N) is 5. The third-order valence-electron chi connectivity index (χ3n) is 7.81. The Morgan fingerprint density at radius 3 is 2.36 bits per heavy atom. The van der Waals surface area contributed by atoms with E-state index in [0.717, 1.165) is 43.3 Å². The van der Waals surface area contributed by atoms with Crippen molar-refractivity contribution in [1.82, 2.24) is 19.9 Å². The Balaban J connectivity index is 1.09. The monoisotopic (exact) mass is 560 g/mol. The van der Waals surface area contributed by atoms with Gasteiger partial charge in [-0.05, 0) is 54.1 Å². The number of fused-ring (bicyclic) bond motifs is 1. The smallest absolute Gasteiger partial charge is 0.245 e. The molecule has 2 unspecified atom stereocenters. The number of aromatic nitrogens is 3. The quantitative estimate of drug-likeness (QED) is 0.203. The number of para-hydroxylation sites is 1. The lowest BCUT2D eigenvalue weighted by atomic mass is 10.0. The summed E-state index contributed by atoms with van der Waals surface area (Å²) < 4.78 is 5.87. The van der Waals surface area contributed by atoms with Gasteiger partial charge in [0.25, 0.3) is 0 Å². The van der Waals surface area contributed by atoms with Crippen molar-refractivity contribution < 1.29 is 9.53 Å². The highest BCUT2D eigenvalue weighted by atomic mass is 16.5. The van der Waals surface area contributed by atoms with Crippen LogP contribution in [0.15, 0.2) is 91.9 Å². The number of hydrogen-bond acceptors (Lipinski definition) is 9. The van der Waals surface area contributed by atoms with Gasteiger partial charge in [0.2, 0.25) is 5.91 Å². The van der Waals surface area contributed by atoms with Crippen LogP contribution >= 0.6 is 0 Å². The summed E-state index contributed by atoms with van der Waals surface area (Å²) in [6.45, 7) is 7.40. The molecule has 2 aromatic carbocycles. The van der Waals surface area contributed by atoms with Crippen LogP contribution in [0.3, 0.4) is 0 Å². The lowest BCUT2D eigenvalue weighted by Crippen LogP contribution is -2.32. The van der Waals surface area contributed by atoms with Gasteiger partial charge in [-0.3, -0.25) is 10.2 Å². The lowest BCUT2D eigenvalue weighted by molar-refractivity contribution is -0.125. The van der Waals surface area contributed by atoms with Gasteiger partial charge in [-0.25, -0.2) is 15.0 Å². The topological polar surface area (TPSA) is 133 Å². The number of anilines is 3. The van der Waals surface area contributed by atoms with E-state index in [1.165, 1.54) is 12.4 Å². The van der Waals surface area contributed by atoms with Gasteiger partial charge < -0.3 is 25.6 Å². The summed E-state index contributed by atoms with van der Waals surface area (Å²) in [4.78, 5) is 29.4. The Bertz CT molecular complexity index is 1580. The number of rotatable bonds is 9. The molecule has 10 nitrogen and oxygen atoms in total. The highest BCUT2D eigenvalue weighted by Gasteiger charge is 2.41. The minimum atomic E-state index is 0.0148. The van der Waals surface area contributed by atoms with Crippen molar-refractivity contribution in [1.29, 1.82) is 5.41 Å². The third-order valence-corrected chi connectivity index (χ3v) is 7.81. The van der Waals surface area contributed by atoms with E-state index in [4.69, 9.17) is 20.9 Å². The number of hydrogen-bond donors (Lipinski definition) is 3. The number of ether oxygens (including phenoxy) is 1. The molecule has 2 atom stereocenters. The summed E-state index contributed by atoms with van der Waals surface area (Å²) in [5.41, 5.74) is 8.50. The van der Waals surface area contributed by atoms with Crippen LogP contribution in [-0.2, 0) is 11.3 Å². The summed E-state index contributed by atoms with van der Waals surface area (Å²) >= 11 is 0. The summed E-state index contributed by atoms with van der Waals surface area (Å²) in [6, 6.07) is 20.9. The maximum Gasteiger partial charge on any atom is 0.245 e. The van der Waals surface area contributed by atoms with Crippen LogP contribution in [0.1, 0.15) is 16.7 Å². The van der Waals surface area contributed by atoms with E-state index in [-0.39, 0.29) is 17.4 Å². The number of carbonyl (C=O) groups is 1. The molecule has 2 fully saturated rings. The van der Waals surface area contributed by atoms with Gasteiger partial charge >= 0.3 is 0 Å². The van der Waals surface area contributed by atoms with Gasteiger partial charge in [0.1, 0.15) is 35.3 Å². The van der Waals surface area contributed by atoms with Crippen LogP contribution in [0.25, 0.3) is 0 Å². The van der Waals surface area contributed by atoms with Gasteiger partial charge in [-0.1, -0.05) is 30.8 Å². The number of nitrogens with two attached hydrogens (primary N) is 1. The van der Waals surface area contributed by atoms with Crippen LogP contribution in [0.5, 0.6) is 11.5 Å². The van der Waals surface area contributed by atoms with E-state index in [1.54, 1.807) is 0 Å². The molecule has 4 aromatic rings. The molecule has 4 N–H and O–H groups in total. The fourth-order valence-electron chi connectivity index (χ4n) is 5.62. The summed E-state index contributed by atoms with van der Waals surface area (Å²) in [5, 5.41) is 12.2. The van der Waals surface area contributed by atoms with Crippen LogP contribution in [0.2, 0.25) is 0 Å². The molecule has 0 saturated carbocycles. The standard InChI is InChI=1S/C32H32N8O2/c1-2-28(41)40-18-23-16-39(17-24(23)19-40)27-13-8-21(14-35-27)15-36-32-29(31(34)37-20-38-32)30(33)22-9-11-26(12-10-22)42-25-6-4-3-5-7-25/h2-14,20,23-24,33H,1,15-19H2,(H3,34,36,37,38). The zero-order chi connectivity index (χ0) is 29.1. The van der Waals surface area contributed by atoms with Crippen molar-refractivity contribution in [3.8, 4) is 11.5 Å². The molecule has 10 heteroatoms. The Morgan fingerprint density at radius 2 is 1.69 bits per heavy atom. The molecule has 0 spiro atoms. The first-order chi connectivity index (χ1) is 20.5. The van der Waals surface area contributed by atoms with Crippen LogP contribution in [0, 0.1) is 17.2 Å². The second-order valence-electron chi connectivity index (χ2n) is 10.5. The molecular formula is C32H32N8O2. The van der Waals surface area contributed by atoms with Crippen molar-refractivity contribution >= 4 is 29.1 Å². The van der Waals surface area contributed by atoms with Crippen molar-refractivity contribution in [2.45, 2.75) is 6.54 Å². The first-order valence-electron chi connectivity index (χ1n) is 13.9. The van der Waals surface area contributed by atoms with Gasteiger partial charge in [0, 0.05) is 56.3 Å². The highest BCUT2D eigenvalue weighted by Crippen LogP contribution is 2.33. The number of nitrogen functional groups attached to an aromatic ring is 1. The average Bonchev–Trinajstić information content (AvgIpc) is 3.61. The SMILES string of the molecule is C=CC(=O)N1CC2CN(c3ccc(CNc4ncnc(N)c4C(=N)c4ccc(Oc5ccccc5)cc4)cn3)CC2C1. The van der Waals surface area contributed by atoms with Gasteiger partial charge in [0.05, 0.1) is 11.3 Å². The van der Waals surface area contributed by atoms with Crippen LogP contribution < -0.4 is 20.7 Å². The number of nitrogens with one attached hydrogen (secondary N) is 2. The normalized spacial score (nSPS) is 17.5. The van der Waals surface area contributed by atoms with E-state index < -0.39 is 0 Å². The number of benzene rings is 2. The molecule has 1 amide bonds. The second-order valence-corrected chi connectivity index (χ2v) is 10.5. The first kappa shape index (κ1) is 26.9. The predicted molar refractivity (Wildman–Crippen MR) is 163 cm³/mol. The minimum absolute atomic E-state index is 0.0148. The molecule has 2 saturated heterocycles. The first-order valence-corrected chi connectivity index (χ1v) is 13.9. The van der Waals surface area contributed by atoms with Crippen LogP contribution in [0.4, 0.5) is 17.5 Å². The van der Waals surface area contributed by atoms with Crippen LogP contribution in [-0.4, -0.2) is 57.6 Å². The number of pyridine rings is 1. The Kier molecular flexibility index (Phi) is 7.50.